The van der Waals surface area contributed by atoms with Crippen molar-refractivity contribution in [3.8, 4) is 11.3 Å². The van der Waals surface area contributed by atoms with Gasteiger partial charge in [-0.15, -0.1) is 0 Å². The number of imidazole rings is 1. The van der Waals surface area contributed by atoms with Crippen LogP contribution in [0.5, 0.6) is 0 Å². The van der Waals surface area contributed by atoms with Crippen LogP contribution >= 0.6 is 0 Å². The highest BCUT2D eigenvalue weighted by atomic mass is 15.0. The zero-order valence-electron chi connectivity index (χ0n) is 9.99. The van der Waals surface area contributed by atoms with Crippen LogP contribution in [-0.4, -0.2) is 9.55 Å². The van der Waals surface area contributed by atoms with Crippen molar-refractivity contribution >= 4 is 0 Å². The van der Waals surface area contributed by atoms with Crippen LogP contribution in [0.4, 0.5) is 0 Å². The molecule has 0 unspecified atom stereocenters. The quantitative estimate of drug-likeness (QED) is 0.834. The van der Waals surface area contributed by atoms with Gasteiger partial charge in [-0.05, 0) is 25.5 Å². The van der Waals surface area contributed by atoms with Crippen LogP contribution in [0.3, 0.4) is 0 Å². The second-order valence-electron chi connectivity index (χ2n) is 4.17. The molecule has 16 heavy (non-hydrogen) atoms. The van der Waals surface area contributed by atoms with Gasteiger partial charge in [0, 0.05) is 19.2 Å². The summed E-state index contributed by atoms with van der Waals surface area (Å²) >= 11 is 0. The van der Waals surface area contributed by atoms with Crippen LogP contribution in [-0.2, 0) is 13.6 Å². The van der Waals surface area contributed by atoms with Crippen molar-refractivity contribution < 1.29 is 0 Å². The minimum atomic E-state index is 0.513. The molecule has 1 heterocycles. The molecular formula is C13H17N3. The van der Waals surface area contributed by atoms with Crippen LogP contribution in [0.2, 0.25) is 0 Å². The molecule has 1 aromatic heterocycles. The van der Waals surface area contributed by atoms with Gasteiger partial charge in [0.25, 0.3) is 0 Å². The fourth-order valence-electron chi connectivity index (χ4n) is 1.91. The molecule has 0 amide bonds. The smallest absolute Gasteiger partial charge is 0.0953 e. The maximum atomic E-state index is 5.76. The van der Waals surface area contributed by atoms with Gasteiger partial charge in [0.1, 0.15) is 0 Å². The predicted molar refractivity (Wildman–Crippen MR) is 66.0 cm³/mol. The summed E-state index contributed by atoms with van der Waals surface area (Å²) in [4.78, 5) is 4.44. The Hall–Kier alpha value is -1.61. The first-order valence-electron chi connectivity index (χ1n) is 5.41. The molecule has 0 saturated carbocycles. The minimum Gasteiger partial charge on any atom is -0.336 e. The molecule has 0 aliphatic carbocycles. The van der Waals surface area contributed by atoms with Gasteiger partial charge >= 0.3 is 0 Å². The summed E-state index contributed by atoms with van der Waals surface area (Å²) in [5.74, 6) is 0. The molecule has 2 aromatic rings. The second kappa shape index (κ2) is 4.10. The third-order valence-corrected chi connectivity index (χ3v) is 2.90. The van der Waals surface area contributed by atoms with Crippen LogP contribution in [0.1, 0.15) is 16.8 Å². The Labute approximate surface area is 95.9 Å². The standard InChI is InChI=1S/C13H17N3/c1-9-4-5-10(2)11(6-9)13-12(7-14)16(3)8-15-13/h4-6,8H,7,14H2,1-3H3. The summed E-state index contributed by atoms with van der Waals surface area (Å²) in [5.41, 5.74) is 11.5. The summed E-state index contributed by atoms with van der Waals surface area (Å²) in [7, 11) is 1.98. The monoisotopic (exact) mass is 215 g/mol. The first kappa shape index (κ1) is 10.9. The molecule has 3 nitrogen and oxygen atoms in total. The fourth-order valence-corrected chi connectivity index (χ4v) is 1.91. The maximum absolute atomic E-state index is 5.76. The van der Waals surface area contributed by atoms with E-state index in [0.717, 1.165) is 11.4 Å². The van der Waals surface area contributed by atoms with E-state index in [4.69, 9.17) is 5.73 Å². The Morgan fingerprint density at radius 1 is 1.31 bits per heavy atom. The van der Waals surface area contributed by atoms with Crippen molar-refractivity contribution in [2.24, 2.45) is 12.8 Å². The van der Waals surface area contributed by atoms with Crippen LogP contribution < -0.4 is 5.73 Å². The Morgan fingerprint density at radius 2 is 2.06 bits per heavy atom. The Balaban J connectivity index is 2.62. The summed E-state index contributed by atoms with van der Waals surface area (Å²) < 4.78 is 1.98. The highest BCUT2D eigenvalue weighted by molar-refractivity contribution is 5.66. The highest BCUT2D eigenvalue weighted by Crippen LogP contribution is 2.25. The zero-order valence-corrected chi connectivity index (χ0v) is 9.99. The van der Waals surface area contributed by atoms with Crippen molar-refractivity contribution in [3.63, 3.8) is 0 Å². The zero-order chi connectivity index (χ0) is 11.7. The van der Waals surface area contributed by atoms with E-state index in [2.05, 4.69) is 37.0 Å². The van der Waals surface area contributed by atoms with E-state index < -0.39 is 0 Å². The van der Waals surface area contributed by atoms with Gasteiger partial charge in [0.15, 0.2) is 0 Å². The lowest BCUT2D eigenvalue weighted by atomic mass is 10.0. The molecule has 2 rings (SSSR count). The first-order chi connectivity index (χ1) is 7.63. The molecule has 0 radical (unpaired) electrons. The molecule has 0 fully saturated rings. The Morgan fingerprint density at radius 3 is 2.75 bits per heavy atom. The molecule has 0 atom stereocenters. The molecule has 2 N–H and O–H groups in total. The van der Waals surface area contributed by atoms with Crippen LogP contribution in [0.25, 0.3) is 11.3 Å². The van der Waals surface area contributed by atoms with E-state index in [1.165, 1.54) is 16.7 Å². The van der Waals surface area contributed by atoms with E-state index in [9.17, 15) is 0 Å². The Kier molecular flexibility index (Phi) is 2.79. The molecule has 1 aromatic carbocycles. The number of nitrogens with zero attached hydrogens (tertiary/aromatic N) is 2. The number of benzene rings is 1. The predicted octanol–water partition coefficient (Wildman–Crippen LogP) is 2.16. The highest BCUT2D eigenvalue weighted by Gasteiger charge is 2.11. The maximum Gasteiger partial charge on any atom is 0.0953 e. The molecule has 0 aliphatic rings. The molecule has 3 heteroatoms. The van der Waals surface area contributed by atoms with E-state index in [1.54, 1.807) is 0 Å². The number of rotatable bonds is 2. The van der Waals surface area contributed by atoms with Gasteiger partial charge in [0.2, 0.25) is 0 Å². The molecule has 84 valence electrons. The van der Waals surface area contributed by atoms with E-state index in [1.807, 2.05) is 17.9 Å². The number of nitrogens with two attached hydrogens (primary N) is 1. The van der Waals surface area contributed by atoms with E-state index >= 15 is 0 Å². The van der Waals surface area contributed by atoms with E-state index in [-0.39, 0.29) is 0 Å². The van der Waals surface area contributed by atoms with Crippen LogP contribution in [0.15, 0.2) is 24.5 Å². The van der Waals surface area contributed by atoms with Crippen molar-refractivity contribution in [2.45, 2.75) is 20.4 Å². The molecule has 0 aliphatic heterocycles. The van der Waals surface area contributed by atoms with E-state index in [0.29, 0.717) is 6.54 Å². The lowest BCUT2D eigenvalue weighted by molar-refractivity contribution is 0.821. The summed E-state index contributed by atoms with van der Waals surface area (Å²) in [6.45, 7) is 4.71. The van der Waals surface area contributed by atoms with Gasteiger partial charge in [-0.25, -0.2) is 4.98 Å². The SMILES string of the molecule is Cc1ccc(C)c(-c2ncn(C)c2CN)c1. The number of aromatic nitrogens is 2. The summed E-state index contributed by atoms with van der Waals surface area (Å²) in [6, 6.07) is 6.40. The van der Waals surface area contributed by atoms with Gasteiger partial charge in [0.05, 0.1) is 17.7 Å². The number of aryl methyl sites for hydroxylation is 3. The first-order valence-corrected chi connectivity index (χ1v) is 5.41. The average Bonchev–Trinajstić information content (AvgIpc) is 2.63. The third kappa shape index (κ3) is 1.74. The average molecular weight is 215 g/mol. The third-order valence-electron chi connectivity index (χ3n) is 2.90. The topological polar surface area (TPSA) is 43.8 Å². The van der Waals surface area contributed by atoms with Crippen molar-refractivity contribution in [3.05, 3.63) is 41.3 Å². The number of hydrogen-bond acceptors (Lipinski definition) is 2. The second-order valence-corrected chi connectivity index (χ2v) is 4.17. The van der Waals surface area contributed by atoms with Gasteiger partial charge in [-0.3, -0.25) is 0 Å². The molecule has 0 spiro atoms. The number of hydrogen-bond donors (Lipinski definition) is 1. The van der Waals surface area contributed by atoms with Crippen molar-refractivity contribution in [1.29, 1.82) is 0 Å². The molecular weight excluding hydrogens is 198 g/mol. The van der Waals surface area contributed by atoms with Crippen LogP contribution in [0, 0.1) is 13.8 Å². The summed E-state index contributed by atoms with van der Waals surface area (Å²) in [5, 5.41) is 0. The largest absolute Gasteiger partial charge is 0.336 e. The lowest BCUT2D eigenvalue weighted by Crippen LogP contribution is -2.04. The van der Waals surface area contributed by atoms with Gasteiger partial charge < -0.3 is 10.3 Å². The van der Waals surface area contributed by atoms with Gasteiger partial charge in [-0.2, -0.15) is 0 Å². The molecule has 0 bridgehead atoms. The van der Waals surface area contributed by atoms with Crippen molar-refractivity contribution in [2.75, 3.05) is 0 Å². The lowest BCUT2D eigenvalue weighted by Gasteiger charge is -2.07. The van der Waals surface area contributed by atoms with Crippen molar-refractivity contribution in [1.82, 2.24) is 9.55 Å². The minimum absolute atomic E-state index is 0.513. The summed E-state index contributed by atoms with van der Waals surface area (Å²) in [6.07, 6.45) is 1.82. The fraction of sp³-hybridized carbons (Fsp3) is 0.308. The Bertz CT molecular complexity index is 512. The molecule has 0 saturated heterocycles. The normalized spacial score (nSPS) is 10.8. The van der Waals surface area contributed by atoms with Gasteiger partial charge in [-0.1, -0.05) is 17.7 Å².